The second-order valence-corrected chi connectivity index (χ2v) is 6.53. The summed E-state index contributed by atoms with van der Waals surface area (Å²) in [5.41, 5.74) is 0.969. The third-order valence-electron chi connectivity index (χ3n) is 4.89. The van der Waals surface area contributed by atoms with E-state index >= 15 is 0 Å². The van der Waals surface area contributed by atoms with Crippen LogP contribution >= 0.6 is 12.4 Å². The molecular formula is C18H22ClN7O. The summed E-state index contributed by atoms with van der Waals surface area (Å²) in [6.45, 7) is 1.57. The zero-order chi connectivity index (χ0) is 18.0. The lowest BCUT2D eigenvalue weighted by molar-refractivity contribution is -0.126. The van der Waals surface area contributed by atoms with Gasteiger partial charge in [0.2, 0.25) is 0 Å². The highest BCUT2D eigenvalue weighted by molar-refractivity contribution is 5.97. The maximum Gasteiger partial charge on any atom is 0.252 e. The van der Waals surface area contributed by atoms with E-state index in [0.717, 1.165) is 30.2 Å². The van der Waals surface area contributed by atoms with E-state index < -0.39 is 5.54 Å². The molecule has 2 aromatic heterocycles. The van der Waals surface area contributed by atoms with Gasteiger partial charge in [-0.05, 0) is 44.1 Å². The van der Waals surface area contributed by atoms with Gasteiger partial charge in [-0.2, -0.15) is 5.10 Å². The molecule has 1 aromatic carbocycles. The SMILES string of the molecule is Cl.Cn1cnnc1-c1cccc(NC(=O)C2(n3cccn3)CCNCC2)c1. The largest absolute Gasteiger partial charge is 0.324 e. The van der Waals surface area contributed by atoms with Crippen LogP contribution in [0.25, 0.3) is 11.4 Å². The van der Waals surface area contributed by atoms with Crippen molar-refractivity contribution < 1.29 is 4.79 Å². The number of anilines is 1. The number of piperidine rings is 1. The number of amides is 1. The Morgan fingerprint density at radius 2 is 2.07 bits per heavy atom. The van der Waals surface area contributed by atoms with Crippen LogP contribution in [0.5, 0.6) is 0 Å². The molecule has 9 heteroatoms. The van der Waals surface area contributed by atoms with Gasteiger partial charge in [-0.3, -0.25) is 9.48 Å². The standard InChI is InChI=1S/C18H21N7O.ClH/c1-24-13-20-23-16(24)14-4-2-5-15(12-14)22-17(26)18(6-9-19-10-7-18)25-11-3-8-21-25;/h2-5,8,11-13,19H,6-7,9-10H2,1H3,(H,22,26);1H. The van der Waals surface area contributed by atoms with Crippen LogP contribution in [-0.4, -0.2) is 43.5 Å². The fourth-order valence-electron chi connectivity index (χ4n) is 3.45. The molecule has 0 atom stereocenters. The monoisotopic (exact) mass is 387 g/mol. The first kappa shape index (κ1) is 19.1. The molecule has 1 saturated heterocycles. The number of aromatic nitrogens is 5. The molecule has 0 spiro atoms. The van der Waals surface area contributed by atoms with Crippen LogP contribution in [0.3, 0.4) is 0 Å². The Bertz CT molecular complexity index is 900. The zero-order valence-electron chi connectivity index (χ0n) is 15.0. The second-order valence-electron chi connectivity index (χ2n) is 6.53. The third kappa shape index (κ3) is 3.58. The summed E-state index contributed by atoms with van der Waals surface area (Å²) in [7, 11) is 1.89. The molecule has 1 aliphatic heterocycles. The quantitative estimate of drug-likeness (QED) is 0.712. The van der Waals surface area contributed by atoms with E-state index in [0.29, 0.717) is 12.8 Å². The lowest BCUT2D eigenvalue weighted by Crippen LogP contribution is -2.52. The summed E-state index contributed by atoms with van der Waals surface area (Å²) in [5, 5.41) is 18.8. The van der Waals surface area contributed by atoms with Crippen molar-refractivity contribution in [2.45, 2.75) is 18.4 Å². The number of hydrogen-bond donors (Lipinski definition) is 2. The van der Waals surface area contributed by atoms with Gasteiger partial charge in [-0.15, -0.1) is 22.6 Å². The third-order valence-corrected chi connectivity index (χ3v) is 4.89. The maximum atomic E-state index is 13.2. The van der Waals surface area contributed by atoms with E-state index in [9.17, 15) is 4.79 Å². The predicted molar refractivity (Wildman–Crippen MR) is 105 cm³/mol. The fourth-order valence-corrected chi connectivity index (χ4v) is 3.45. The molecule has 2 N–H and O–H groups in total. The first-order chi connectivity index (χ1) is 12.7. The van der Waals surface area contributed by atoms with E-state index in [4.69, 9.17) is 0 Å². The molecule has 3 aromatic rings. The van der Waals surface area contributed by atoms with Gasteiger partial charge in [0.25, 0.3) is 5.91 Å². The van der Waals surface area contributed by atoms with Crippen LogP contribution in [0.2, 0.25) is 0 Å². The number of rotatable bonds is 4. The van der Waals surface area contributed by atoms with Gasteiger partial charge in [-0.1, -0.05) is 12.1 Å². The Morgan fingerprint density at radius 1 is 1.26 bits per heavy atom. The minimum atomic E-state index is -0.671. The van der Waals surface area contributed by atoms with Crippen molar-refractivity contribution in [2.75, 3.05) is 18.4 Å². The highest BCUT2D eigenvalue weighted by atomic mass is 35.5. The molecule has 0 radical (unpaired) electrons. The minimum Gasteiger partial charge on any atom is -0.324 e. The van der Waals surface area contributed by atoms with Crippen molar-refractivity contribution in [3.05, 3.63) is 49.1 Å². The highest BCUT2D eigenvalue weighted by Crippen LogP contribution is 2.29. The highest BCUT2D eigenvalue weighted by Gasteiger charge is 2.42. The number of nitrogens with one attached hydrogen (secondary N) is 2. The van der Waals surface area contributed by atoms with Gasteiger partial charge < -0.3 is 15.2 Å². The van der Waals surface area contributed by atoms with E-state index in [1.54, 1.807) is 17.2 Å². The number of halogens is 1. The molecule has 1 amide bonds. The van der Waals surface area contributed by atoms with Crippen molar-refractivity contribution in [2.24, 2.45) is 7.05 Å². The Kier molecular flexibility index (Phi) is 5.57. The number of benzene rings is 1. The van der Waals surface area contributed by atoms with Crippen LogP contribution < -0.4 is 10.6 Å². The van der Waals surface area contributed by atoms with Crippen molar-refractivity contribution in [3.8, 4) is 11.4 Å². The molecule has 8 nitrogen and oxygen atoms in total. The molecule has 27 heavy (non-hydrogen) atoms. The van der Waals surface area contributed by atoms with Crippen LogP contribution in [0.15, 0.2) is 49.1 Å². The van der Waals surface area contributed by atoms with Gasteiger partial charge in [0.1, 0.15) is 11.9 Å². The van der Waals surface area contributed by atoms with Gasteiger partial charge >= 0.3 is 0 Å². The molecule has 0 bridgehead atoms. The smallest absolute Gasteiger partial charge is 0.252 e. The average molecular weight is 388 g/mol. The number of hydrogen-bond acceptors (Lipinski definition) is 5. The summed E-state index contributed by atoms with van der Waals surface area (Å²) >= 11 is 0. The van der Waals surface area contributed by atoms with Gasteiger partial charge in [0.05, 0.1) is 0 Å². The minimum absolute atomic E-state index is 0. The van der Waals surface area contributed by atoms with Crippen molar-refractivity contribution in [1.29, 1.82) is 0 Å². The summed E-state index contributed by atoms with van der Waals surface area (Å²) < 4.78 is 3.63. The lowest BCUT2D eigenvalue weighted by Gasteiger charge is -2.36. The predicted octanol–water partition coefficient (Wildman–Crippen LogP) is 1.82. The molecular weight excluding hydrogens is 366 g/mol. The zero-order valence-corrected chi connectivity index (χ0v) is 15.8. The molecule has 0 aliphatic carbocycles. The molecule has 4 rings (SSSR count). The van der Waals surface area contributed by atoms with Crippen molar-refractivity contribution in [1.82, 2.24) is 29.9 Å². The van der Waals surface area contributed by atoms with E-state index in [-0.39, 0.29) is 18.3 Å². The maximum absolute atomic E-state index is 13.2. The number of carbonyl (C=O) groups excluding carboxylic acids is 1. The summed E-state index contributed by atoms with van der Waals surface area (Å²) in [5.74, 6) is 0.711. The second kappa shape index (κ2) is 7.89. The Labute approximate surface area is 163 Å². The molecule has 1 fully saturated rings. The molecule has 3 heterocycles. The van der Waals surface area contributed by atoms with Gasteiger partial charge in [0, 0.05) is 30.7 Å². The number of carbonyl (C=O) groups is 1. The summed E-state index contributed by atoms with van der Waals surface area (Å²) in [6.07, 6.45) is 6.63. The molecule has 0 saturated carbocycles. The van der Waals surface area contributed by atoms with Crippen molar-refractivity contribution >= 4 is 24.0 Å². The Balaban J connectivity index is 0.00000210. The lowest BCUT2D eigenvalue weighted by atomic mass is 9.87. The summed E-state index contributed by atoms with van der Waals surface area (Å²) in [6, 6.07) is 9.51. The summed E-state index contributed by atoms with van der Waals surface area (Å²) in [4.78, 5) is 13.2. The van der Waals surface area contributed by atoms with Crippen LogP contribution in [0.4, 0.5) is 5.69 Å². The number of nitrogens with zero attached hydrogens (tertiary/aromatic N) is 5. The Hall–Kier alpha value is -2.71. The number of aryl methyl sites for hydroxylation is 1. The van der Waals surface area contributed by atoms with E-state index in [2.05, 4.69) is 25.9 Å². The van der Waals surface area contributed by atoms with Crippen LogP contribution in [0, 0.1) is 0 Å². The first-order valence-corrected chi connectivity index (χ1v) is 8.66. The van der Waals surface area contributed by atoms with E-state index in [1.807, 2.05) is 48.1 Å². The van der Waals surface area contributed by atoms with Crippen molar-refractivity contribution in [3.63, 3.8) is 0 Å². The first-order valence-electron chi connectivity index (χ1n) is 8.66. The molecule has 142 valence electrons. The average Bonchev–Trinajstić information content (AvgIpc) is 3.34. The topological polar surface area (TPSA) is 89.7 Å². The fraction of sp³-hybridized carbons (Fsp3) is 0.333. The van der Waals surface area contributed by atoms with Crippen LogP contribution in [-0.2, 0) is 17.4 Å². The molecule has 0 unspecified atom stereocenters. The Morgan fingerprint density at radius 3 is 2.74 bits per heavy atom. The normalized spacial score (nSPS) is 15.7. The van der Waals surface area contributed by atoms with Crippen LogP contribution in [0.1, 0.15) is 12.8 Å². The van der Waals surface area contributed by atoms with Gasteiger partial charge in [-0.25, -0.2) is 0 Å². The van der Waals surface area contributed by atoms with E-state index in [1.165, 1.54) is 0 Å². The van der Waals surface area contributed by atoms with Gasteiger partial charge in [0.15, 0.2) is 5.82 Å². The molecule has 1 aliphatic rings.